The van der Waals surface area contributed by atoms with E-state index in [1.54, 1.807) is 21.3 Å². The van der Waals surface area contributed by atoms with E-state index in [4.69, 9.17) is 10.5 Å². The van der Waals surface area contributed by atoms with Crippen molar-refractivity contribution in [1.82, 2.24) is 9.13 Å². The van der Waals surface area contributed by atoms with Gasteiger partial charge in [-0.3, -0.25) is 15.0 Å². The number of Topliss-reactive ketones (excluding diaryl/α,β-unsaturated/α-hetero) is 1. The number of aromatic nitrogens is 2. The third-order valence-electron chi connectivity index (χ3n) is 6.10. The Kier molecular flexibility index (Phi) is 8.28. The fourth-order valence-electron chi connectivity index (χ4n) is 4.24. The highest BCUT2D eigenvalue weighted by molar-refractivity contribution is 5.97. The van der Waals surface area contributed by atoms with Crippen molar-refractivity contribution in [1.29, 1.82) is 5.41 Å². The van der Waals surface area contributed by atoms with Gasteiger partial charge in [-0.2, -0.15) is 0 Å². The van der Waals surface area contributed by atoms with Crippen LogP contribution in [0.4, 0.5) is 0 Å². The zero-order valence-electron chi connectivity index (χ0n) is 21.3. The molecule has 3 aromatic rings. The normalized spacial score (nSPS) is 11.9. The predicted octanol–water partition coefficient (Wildman–Crippen LogP) is 5.39. The fourth-order valence-corrected chi connectivity index (χ4v) is 4.24. The molecule has 7 nitrogen and oxygen atoms in total. The molecule has 0 aliphatic carbocycles. The molecule has 0 aliphatic heterocycles. The Morgan fingerprint density at radius 3 is 1.86 bits per heavy atom. The molecule has 3 rings (SSSR count). The average Bonchev–Trinajstić information content (AvgIpc) is 2.98. The Morgan fingerprint density at radius 1 is 0.914 bits per heavy atom. The number of aliphatic carboxylic acids is 1. The number of benzene rings is 2. The molecule has 0 bridgehead atoms. The number of hydrogen-bond donors (Lipinski definition) is 3. The molecule has 0 unspecified atom stereocenters. The molecule has 0 aliphatic rings. The number of nitrogens with zero attached hydrogens (tertiary/aromatic N) is 2. The third kappa shape index (κ3) is 5.96. The van der Waals surface area contributed by atoms with E-state index >= 15 is 0 Å². The van der Waals surface area contributed by atoms with E-state index in [-0.39, 0.29) is 53.4 Å². The number of nitrogens with one attached hydrogen (secondary N) is 1. The number of carbonyl (C=O) groups excluding carboxylic acids is 1. The lowest BCUT2D eigenvalue weighted by Crippen LogP contribution is -2.28. The Balaban J connectivity index is 0.00000432. The van der Waals surface area contributed by atoms with Gasteiger partial charge in [0.2, 0.25) is 5.62 Å². The standard InChI is InChI=1S/C27H35N3O4.ClH/c1-26(2,3)18-14-17(15-19(24(18)34)27(4,5)6)22(31)16-30-21-11-8-7-10-20(21)29(25(30)28)13-9-12-23(32)33;/h7-8,10-11,14-15,28,34H,9,12-13,16H2,1-6H3,(H,32,33);1H. The number of para-hydroxylation sites is 2. The van der Waals surface area contributed by atoms with E-state index in [1.807, 2.05) is 65.8 Å². The summed E-state index contributed by atoms with van der Waals surface area (Å²) in [6.07, 6.45) is 0.416. The van der Waals surface area contributed by atoms with Crippen molar-refractivity contribution in [2.75, 3.05) is 0 Å². The van der Waals surface area contributed by atoms with Crippen molar-refractivity contribution in [2.24, 2.45) is 0 Å². The number of imidazole rings is 1. The molecule has 0 amide bonds. The van der Waals surface area contributed by atoms with Crippen LogP contribution in [0.15, 0.2) is 36.4 Å². The second-order valence-electron chi connectivity index (χ2n) is 10.9. The molecule has 35 heavy (non-hydrogen) atoms. The summed E-state index contributed by atoms with van der Waals surface area (Å²) in [5, 5.41) is 28.7. The lowest BCUT2D eigenvalue weighted by Gasteiger charge is -2.28. The lowest BCUT2D eigenvalue weighted by atomic mass is 9.78. The number of fused-ring (bicyclic) bond motifs is 1. The van der Waals surface area contributed by atoms with E-state index in [2.05, 4.69) is 0 Å². The number of carboxylic acids is 1. The number of carboxylic acid groups (broad SMARTS) is 1. The molecule has 0 fully saturated rings. The smallest absolute Gasteiger partial charge is 0.303 e. The highest BCUT2D eigenvalue weighted by atomic mass is 35.5. The van der Waals surface area contributed by atoms with Crippen LogP contribution in [0, 0.1) is 5.41 Å². The topological polar surface area (TPSA) is 108 Å². The summed E-state index contributed by atoms with van der Waals surface area (Å²) >= 11 is 0. The van der Waals surface area contributed by atoms with Gasteiger partial charge >= 0.3 is 5.97 Å². The largest absolute Gasteiger partial charge is 0.507 e. The highest BCUT2D eigenvalue weighted by Gasteiger charge is 2.28. The number of carbonyl (C=O) groups is 2. The van der Waals surface area contributed by atoms with Gasteiger partial charge in [0.05, 0.1) is 17.6 Å². The number of phenolic OH excluding ortho intramolecular Hbond substituents is 1. The van der Waals surface area contributed by atoms with Gasteiger partial charge in [-0.25, -0.2) is 0 Å². The van der Waals surface area contributed by atoms with E-state index in [9.17, 15) is 14.7 Å². The van der Waals surface area contributed by atoms with E-state index in [0.717, 1.165) is 22.2 Å². The summed E-state index contributed by atoms with van der Waals surface area (Å²) in [6, 6.07) is 11.0. The van der Waals surface area contributed by atoms with Gasteiger partial charge in [-0.05, 0) is 41.5 Å². The SMILES string of the molecule is CC(C)(C)c1cc(C(=O)Cn2c(=N)n(CCCC(=O)O)c3ccccc32)cc(C(C)(C)C)c1O.Cl. The molecule has 3 N–H and O–H groups in total. The highest BCUT2D eigenvalue weighted by Crippen LogP contribution is 2.40. The zero-order valence-corrected chi connectivity index (χ0v) is 22.1. The Hall–Kier alpha value is -3.06. The summed E-state index contributed by atoms with van der Waals surface area (Å²) in [7, 11) is 0. The number of halogens is 1. The van der Waals surface area contributed by atoms with Crippen LogP contribution in [-0.2, 0) is 28.7 Å². The maximum Gasteiger partial charge on any atom is 0.303 e. The molecule has 0 spiro atoms. The molecule has 0 saturated carbocycles. The summed E-state index contributed by atoms with van der Waals surface area (Å²) in [5.74, 6) is -0.800. The Morgan fingerprint density at radius 2 is 1.40 bits per heavy atom. The van der Waals surface area contributed by atoms with Crippen molar-refractivity contribution < 1.29 is 19.8 Å². The number of aryl methyl sites for hydroxylation is 1. The van der Waals surface area contributed by atoms with Crippen LogP contribution in [0.3, 0.4) is 0 Å². The van der Waals surface area contributed by atoms with Crippen molar-refractivity contribution >= 4 is 35.2 Å². The van der Waals surface area contributed by atoms with Crippen molar-refractivity contribution in [2.45, 2.75) is 78.3 Å². The van der Waals surface area contributed by atoms with Gasteiger partial charge in [0.25, 0.3) is 0 Å². The Bertz CT molecular complexity index is 1270. The van der Waals surface area contributed by atoms with Gasteiger partial charge in [-0.1, -0.05) is 53.7 Å². The Labute approximate surface area is 212 Å². The molecule has 0 saturated heterocycles. The van der Waals surface area contributed by atoms with E-state index in [0.29, 0.717) is 18.5 Å². The zero-order chi connectivity index (χ0) is 25.4. The first-order chi connectivity index (χ1) is 15.7. The summed E-state index contributed by atoms with van der Waals surface area (Å²) in [4.78, 5) is 24.5. The average molecular weight is 502 g/mol. The monoisotopic (exact) mass is 501 g/mol. The van der Waals surface area contributed by atoms with E-state index in [1.165, 1.54) is 0 Å². The first-order valence-electron chi connectivity index (χ1n) is 11.6. The first-order valence-corrected chi connectivity index (χ1v) is 11.6. The number of hydrogen-bond acceptors (Lipinski definition) is 4. The van der Waals surface area contributed by atoms with Crippen molar-refractivity contribution in [3.63, 3.8) is 0 Å². The van der Waals surface area contributed by atoms with Crippen molar-refractivity contribution in [3.8, 4) is 5.75 Å². The molecule has 0 atom stereocenters. The van der Waals surface area contributed by atoms with Crippen LogP contribution in [0.5, 0.6) is 5.75 Å². The second kappa shape index (κ2) is 10.3. The predicted molar refractivity (Wildman–Crippen MR) is 140 cm³/mol. The minimum absolute atomic E-state index is 0. The number of phenols is 1. The molecule has 190 valence electrons. The van der Waals surface area contributed by atoms with Crippen LogP contribution >= 0.6 is 12.4 Å². The summed E-state index contributed by atoms with van der Waals surface area (Å²) in [5.41, 5.74) is 2.94. The maximum absolute atomic E-state index is 13.5. The minimum Gasteiger partial charge on any atom is -0.507 e. The van der Waals surface area contributed by atoms with Crippen LogP contribution in [0.2, 0.25) is 0 Å². The first kappa shape index (κ1) is 28.2. The summed E-state index contributed by atoms with van der Waals surface area (Å²) in [6.45, 7) is 12.4. The summed E-state index contributed by atoms with van der Waals surface area (Å²) < 4.78 is 3.42. The van der Waals surface area contributed by atoms with Gasteiger partial charge in [0.15, 0.2) is 5.78 Å². The fraction of sp³-hybridized carbons (Fsp3) is 0.444. The molecular formula is C27H36ClN3O4. The van der Waals surface area contributed by atoms with Gasteiger partial charge in [-0.15, -0.1) is 12.4 Å². The van der Waals surface area contributed by atoms with Crippen LogP contribution in [0.1, 0.15) is 75.9 Å². The van der Waals surface area contributed by atoms with Gasteiger partial charge in [0, 0.05) is 29.7 Å². The molecular weight excluding hydrogens is 466 g/mol. The third-order valence-corrected chi connectivity index (χ3v) is 6.10. The molecule has 2 aromatic carbocycles. The van der Waals surface area contributed by atoms with Crippen LogP contribution in [-0.4, -0.2) is 31.1 Å². The number of ketones is 1. The quantitative estimate of drug-likeness (QED) is 0.377. The molecule has 1 heterocycles. The van der Waals surface area contributed by atoms with Crippen molar-refractivity contribution in [3.05, 3.63) is 58.7 Å². The van der Waals surface area contributed by atoms with Gasteiger partial charge in [0.1, 0.15) is 5.75 Å². The number of aromatic hydroxyl groups is 1. The maximum atomic E-state index is 13.5. The molecule has 0 radical (unpaired) electrons. The second-order valence-corrected chi connectivity index (χ2v) is 10.9. The minimum atomic E-state index is -0.873. The van der Waals surface area contributed by atoms with Gasteiger partial charge < -0.3 is 19.3 Å². The number of rotatable bonds is 7. The van der Waals surface area contributed by atoms with E-state index < -0.39 is 5.97 Å². The lowest BCUT2D eigenvalue weighted by molar-refractivity contribution is -0.137. The van der Waals surface area contributed by atoms with Crippen LogP contribution < -0.4 is 5.62 Å². The molecule has 1 aromatic heterocycles. The molecule has 8 heteroatoms. The van der Waals surface area contributed by atoms with Crippen LogP contribution in [0.25, 0.3) is 11.0 Å².